The fourth-order valence-electron chi connectivity index (χ4n) is 4.61. The highest BCUT2D eigenvalue weighted by molar-refractivity contribution is 8.14. The maximum Gasteiger partial charge on any atom is 0.299 e. The first kappa shape index (κ1) is 24.5. The van der Waals surface area contributed by atoms with E-state index in [0.29, 0.717) is 36.6 Å². The smallest absolute Gasteiger partial charge is 0.299 e. The number of aryl methyl sites for hydroxylation is 1. The molecule has 2 aromatic rings. The van der Waals surface area contributed by atoms with Gasteiger partial charge in [-0.2, -0.15) is 5.10 Å². The number of hydrogen-bond donors (Lipinski definition) is 4. The zero-order valence-corrected chi connectivity index (χ0v) is 20.3. The summed E-state index contributed by atoms with van der Waals surface area (Å²) in [6.45, 7) is 3.76. The summed E-state index contributed by atoms with van der Waals surface area (Å²) in [4.78, 5) is 34.2. The van der Waals surface area contributed by atoms with Gasteiger partial charge in [-0.3, -0.25) is 20.3 Å². The number of hydrogen-bond acceptors (Lipinski definition) is 8. The third-order valence-corrected chi connectivity index (χ3v) is 7.23. The molecule has 1 fully saturated rings. The SMILES string of the molecule is CC1SC(=O)NN=C1c1ccc(N2CCC(N(CCCc3c[nH]cn3)C(=N)N)CC2)c([N+](=O)[O-])c1. The number of carbonyl (C=O) groups is 1. The molecule has 5 N–H and O–H groups in total. The first-order chi connectivity index (χ1) is 16.8. The van der Waals surface area contributed by atoms with Crippen molar-refractivity contribution in [1.29, 1.82) is 5.41 Å². The van der Waals surface area contributed by atoms with Crippen molar-refractivity contribution in [2.24, 2.45) is 10.8 Å². The van der Waals surface area contributed by atoms with Crippen LogP contribution in [0.15, 0.2) is 35.8 Å². The number of nitro benzene ring substituents is 1. The van der Waals surface area contributed by atoms with Gasteiger partial charge in [0.2, 0.25) is 0 Å². The van der Waals surface area contributed by atoms with Crippen LogP contribution in [-0.2, 0) is 6.42 Å². The number of guanidine groups is 1. The zero-order chi connectivity index (χ0) is 24.9. The van der Waals surface area contributed by atoms with Crippen LogP contribution in [0.4, 0.5) is 16.2 Å². The van der Waals surface area contributed by atoms with Crippen molar-refractivity contribution in [3.8, 4) is 0 Å². The summed E-state index contributed by atoms with van der Waals surface area (Å²) in [6.07, 6.45) is 6.64. The highest BCUT2D eigenvalue weighted by Gasteiger charge is 2.30. The fourth-order valence-corrected chi connectivity index (χ4v) is 5.33. The summed E-state index contributed by atoms with van der Waals surface area (Å²) in [5.74, 6) is 0.0492. The highest BCUT2D eigenvalue weighted by Crippen LogP contribution is 2.33. The van der Waals surface area contributed by atoms with Gasteiger partial charge in [-0.15, -0.1) is 0 Å². The molecule has 13 heteroatoms. The molecule has 1 amide bonds. The molecule has 186 valence electrons. The number of rotatable bonds is 8. The minimum atomic E-state index is -0.373. The molecule has 1 unspecified atom stereocenters. The number of hydrazone groups is 1. The number of nitrogens with zero attached hydrogens (tertiary/aromatic N) is 5. The first-order valence-electron chi connectivity index (χ1n) is 11.5. The molecule has 1 atom stereocenters. The van der Waals surface area contributed by atoms with Crippen molar-refractivity contribution in [1.82, 2.24) is 20.3 Å². The minimum absolute atomic E-state index is 0.0141. The van der Waals surface area contributed by atoms with E-state index in [1.54, 1.807) is 12.4 Å². The van der Waals surface area contributed by atoms with Gasteiger partial charge in [-0.1, -0.05) is 17.8 Å². The molecule has 0 spiro atoms. The molecule has 0 aliphatic carbocycles. The number of anilines is 1. The lowest BCUT2D eigenvalue weighted by Crippen LogP contribution is -2.50. The van der Waals surface area contributed by atoms with E-state index in [-0.39, 0.29) is 33.1 Å². The first-order valence-corrected chi connectivity index (χ1v) is 12.4. The predicted octanol–water partition coefficient (Wildman–Crippen LogP) is 2.66. The lowest BCUT2D eigenvalue weighted by molar-refractivity contribution is -0.384. The number of carbonyl (C=O) groups excluding carboxylic acids is 1. The molecule has 2 aliphatic rings. The quantitative estimate of drug-likeness (QED) is 0.186. The lowest BCUT2D eigenvalue weighted by atomic mass is 10.0. The topological polar surface area (TPSA) is 170 Å². The van der Waals surface area contributed by atoms with Crippen LogP contribution < -0.4 is 16.1 Å². The summed E-state index contributed by atoms with van der Waals surface area (Å²) in [7, 11) is 0. The summed E-state index contributed by atoms with van der Waals surface area (Å²) in [5, 5.41) is 23.6. The van der Waals surface area contributed by atoms with Crippen molar-refractivity contribution >= 4 is 40.0 Å². The van der Waals surface area contributed by atoms with Gasteiger partial charge in [0.15, 0.2) is 5.96 Å². The summed E-state index contributed by atoms with van der Waals surface area (Å²) >= 11 is 1.10. The largest absolute Gasteiger partial charge is 0.370 e. The lowest BCUT2D eigenvalue weighted by Gasteiger charge is -2.39. The molecule has 12 nitrogen and oxygen atoms in total. The van der Waals surface area contributed by atoms with Crippen LogP contribution in [0, 0.1) is 15.5 Å². The van der Waals surface area contributed by atoms with Crippen LogP contribution >= 0.6 is 11.8 Å². The molecule has 3 heterocycles. The number of thioether (sulfide) groups is 1. The Hall–Kier alpha value is -3.61. The number of amides is 1. The van der Waals surface area contributed by atoms with Gasteiger partial charge in [-0.05, 0) is 38.7 Å². The Labute approximate surface area is 207 Å². The summed E-state index contributed by atoms with van der Waals surface area (Å²) in [5.41, 5.74) is 11.1. The Balaban J connectivity index is 1.42. The van der Waals surface area contributed by atoms with Gasteiger partial charge in [-0.25, -0.2) is 10.4 Å². The maximum absolute atomic E-state index is 11.9. The number of benzene rings is 1. The molecule has 4 rings (SSSR count). The van der Waals surface area contributed by atoms with Crippen molar-refractivity contribution in [3.63, 3.8) is 0 Å². The number of piperidine rings is 1. The number of imidazole rings is 1. The Bertz CT molecular complexity index is 1110. The second kappa shape index (κ2) is 10.8. The monoisotopic (exact) mass is 499 g/mol. The Kier molecular flexibility index (Phi) is 7.54. The van der Waals surface area contributed by atoms with Crippen molar-refractivity contribution < 1.29 is 9.72 Å². The average Bonchev–Trinajstić information content (AvgIpc) is 3.35. The predicted molar refractivity (Wildman–Crippen MR) is 136 cm³/mol. The number of aromatic nitrogens is 2. The summed E-state index contributed by atoms with van der Waals surface area (Å²) in [6, 6.07) is 5.22. The number of H-pyrrole nitrogens is 1. The van der Waals surface area contributed by atoms with Gasteiger partial charge < -0.3 is 20.5 Å². The normalized spacial score (nSPS) is 18.7. The summed E-state index contributed by atoms with van der Waals surface area (Å²) < 4.78 is 0. The fraction of sp³-hybridized carbons (Fsp3) is 0.455. The standard InChI is InChI=1S/C22H29N9O3S/c1-14-20(27-28-22(32)35-14)15-4-5-18(19(11-15)31(33)34)29-9-6-17(7-10-29)30(21(23)24)8-2-3-16-12-25-13-26-16/h4-5,11-14,17H,2-3,6-10H2,1H3,(H3,23,24)(H,25,26)(H,28,32). The average molecular weight is 500 g/mol. The van der Waals surface area contributed by atoms with E-state index in [2.05, 4.69) is 20.5 Å². The third kappa shape index (κ3) is 5.73. The molecule has 1 aromatic carbocycles. The molecule has 35 heavy (non-hydrogen) atoms. The van der Waals surface area contributed by atoms with Gasteiger partial charge in [0.05, 0.1) is 27.9 Å². The Morgan fingerprint density at radius 3 is 2.80 bits per heavy atom. The van der Waals surface area contributed by atoms with E-state index in [0.717, 1.165) is 43.1 Å². The van der Waals surface area contributed by atoms with Gasteiger partial charge in [0.25, 0.3) is 10.9 Å². The highest BCUT2D eigenvalue weighted by atomic mass is 32.2. The number of nitro groups is 1. The molecule has 1 aromatic heterocycles. The maximum atomic E-state index is 11.9. The molecule has 0 radical (unpaired) electrons. The van der Waals surface area contributed by atoms with Crippen LogP contribution in [-0.4, -0.2) is 67.6 Å². The van der Waals surface area contributed by atoms with E-state index in [1.165, 1.54) is 6.07 Å². The van der Waals surface area contributed by atoms with E-state index < -0.39 is 0 Å². The minimum Gasteiger partial charge on any atom is -0.370 e. The zero-order valence-electron chi connectivity index (χ0n) is 19.4. The van der Waals surface area contributed by atoms with Crippen LogP contribution in [0.5, 0.6) is 0 Å². The Morgan fingerprint density at radius 1 is 1.40 bits per heavy atom. The molecule has 1 saturated heterocycles. The van der Waals surface area contributed by atoms with Gasteiger partial charge in [0, 0.05) is 43.5 Å². The molecular formula is C22H29N9O3S. The van der Waals surface area contributed by atoms with Crippen LogP contribution in [0.3, 0.4) is 0 Å². The molecular weight excluding hydrogens is 470 g/mol. The molecule has 2 aliphatic heterocycles. The van der Waals surface area contributed by atoms with Crippen molar-refractivity contribution in [2.75, 3.05) is 24.5 Å². The van der Waals surface area contributed by atoms with Crippen molar-refractivity contribution in [3.05, 3.63) is 52.1 Å². The van der Waals surface area contributed by atoms with E-state index >= 15 is 0 Å². The Morgan fingerprint density at radius 2 is 2.17 bits per heavy atom. The second-order valence-corrected chi connectivity index (χ2v) is 9.89. The molecule has 0 bridgehead atoms. The second-order valence-electron chi connectivity index (χ2n) is 8.58. The number of nitrogens with one attached hydrogen (secondary N) is 3. The van der Waals surface area contributed by atoms with Crippen LogP contribution in [0.1, 0.15) is 37.4 Å². The van der Waals surface area contributed by atoms with Crippen molar-refractivity contribution in [2.45, 2.75) is 43.9 Å². The number of nitrogens with two attached hydrogens (primary N) is 1. The van der Waals surface area contributed by atoms with Gasteiger partial charge >= 0.3 is 0 Å². The number of aromatic amines is 1. The van der Waals surface area contributed by atoms with E-state index in [4.69, 9.17) is 11.1 Å². The molecule has 0 saturated carbocycles. The van der Waals surface area contributed by atoms with Crippen LogP contribution in [0.25, 0.3) is 0 Å². The van der Waals surface area contributed by atoms with Gasteiger partial charge in [0.1, 0.15) is 5.69 Å². The van der Waals surface area contributed by atoms with E-state index in [1.807, 2.05) is 29.0 Å². The van der Waals surface area contributed by atoms with Crippen LogP contribution in [0.2, 0.25) is 0 Å². The van der Waals surface area contributed by atoms with E-state index in [9.17, 15) is 14.9 Å². The third-order valence-electron chi connectivity index (χ3n) is 6.35.